The Balaban J connectivity index is 1.59. The van der Waals surface area contributed by atoms with Crippen LogP contribution in [0.25, 0.3) is 5.69 Å². The lowest BCUT2D eigenvalue weighted by atomic mass is 10.00. The molecule has 2 unspecified atom stereocenters. The summed E-state index contributed by atoms with van der Waals surface area (Å²) in [5, 5.41) is 7.19. The van der Waals surface area contributed by atoms with Crippen LogP contribution in [0.1, 0.15) is 42.9 Å². The first-order valence-corrected chi connectivity index (χ1v) is 12.5. The average molecular weight is 496 g/mol. The lowest BCUT2D eigenvalue weighted by Crippen LogP contribution is -2.30. The van der Waals surface area contributed by atoms with E-state index in [0.29, 0.717) is 5.11 Å². The molecule has 2 aromatic carbocycles. The van der Waals surface area contributed by atoms with E-state index in [9.17, 15) is 4.79 Å². The highest BCUT2D eigenvalue weighted by molar-refractivity contribution is 7.80. The Hall–Kier alpha value is -3.97. The van der Waals surface area contributed by atoms with Crippen molar-refractivity contribution in [2.75, 3.05) is 10.2 Å². The minimum Gasteiger partial charge on any atom is -0.351 e. The maximum Gasteiger partial charge on any atom is 0.226 e. The molecule has 2 atom stereocenters. The molecule has 0 radical (unpaired) electrons. The van der Waals surface area contributed by atoms with Crippen molar-refractivity contribution in [2.24, 2.45) is 5.92 Å². The number of para-hydroxylation sites is 1. The first-order chi connectivity index (χ1) is 17.4. The lowest BCUT2D eigenvalue weighted by Gasteiger charge is -2.29. The summed E-state index contributed by atoms with van der Waals surface area (Å²) in [6, 6.07) is 26.2. The quantitative estimate of drug-likeness (QED) is 0.324. The van der Waals surface area contributed by atoms with Crippen molar-refractivity contribution in [2.45, 2.75) is 32.9 Å². The van der Waals surface area contributed by atoms with Crippen molar-refractivity contribution in [3.05, 3.63) is 108 Å². The van der Waals surface area contributed by atoms with E-state index >= 15 is 0 Å². The van der Waals surface area contributed by atoms with E-state index in [0.717, 1.165) is 34.0 Å². The number of thiocarbonyl (C=S) groups is 1. The fraction of sp³-hybridized carbons (Fsp3) is 0.207. The summed E-state index contributed by atoms with van der Waals surface area (Å²) >= 11 is 5.90. The van der Waals surface area contributed by atoms with Crippen LogP contribution in [0, 0.1) is 12.8 Å². The van der Waals surface area contributed by atoms with Crippen LogP contribution in [0.15, 0.2) is 91.3 Å². The zero-order chi connectivity index (χ0) is 25.2. The minimum absolute atomic E-state index is 0.00186. The van der Waals surface area contributed by atoms with E-state index in [4.69, 9.17) is 12.2 Å². The Bertz CT molecular complexity index is 1380. The second-order valence-electron chi connectivity index (χ2n) is 9.28. The van der Waals surface area contributed by atoms with Crippen LogP contribution in [0.5, 0.6) is 0 Å². The summed E-state index contributed by atoms with van der Waals surface area (Å²) in [5.41, 5.74) is 5.84. The van der Waals surface area contributed by atoms with Gasteiger partial charge in [0, 0.05) is 41.1 Å². The zero-order valence-corrected chi connectivity index (χ0v) is 21.4. The van der Waals surface area contributed by atoms with Gasteiger partial charge in [0.25, 0.3) is 0 Å². The van der Waals surface area contributed by atoms with Crippen LogP contribution in [0.2, 0.25) is 0 Å². The van der Waals surface area contributed by atoms with E-state index in [1.165, 1.54) is 0 Å². The molecule has 0 spiro atoms. The van der Waals surface area contributed by atoms with E-state index in [-0.39, 0.29) is 23.9 Å². The smallest absolute Gasteiger partial charge is 0.226 e. The molecule has 7 heteroatoms. The molecule has 1 aliphatic heterocycles. The fourth-order valence-corrected chi connectivity index (χ4v) is 4.95. The van der Waals surface area contributed by atoms with E-state index in [1.54, 1.807) is 0 Å². The molecule has 3 heterocycles. The third-order valence-electron chi connectivity index (χ3n) is 6.49. The van der Waals surface area contributed by atoms with Crippen molar-refractivity contribution in [3.8, 4) is 5.69 Å². The molecule has 1 fully saturated rings. The van der Waals surface area contributed by atoms with E-state index in [2.05, 4.69) is 61.6 Å². The Kier molecular flexibility index (Phi) is 6.57. The number of pyridine rings is 1. The van der Waals surface area contributed by atoms with Gasteiger partial charge in [0.05, 0.1) is 11.7 Å². The van der Waals surface area contributed by atoms with Crippen LogP contribution in [0.3, 0.4) is 0 Å². The summed E-state index contributed by atoms with van der Waals surface area (Å²) < 4.78 is 2.20. The largest absolute Gasteiger partial charge is 0.351 e. The van der Waals surface area contributed by atoms with Crippen LogP contribution >= 0.6 is 12.2 Å². The standard InChI is InChI=1S/C29H29N5OS/c1-19(2)28(35)31-23-15-14-22(18-20(23)3)34-27(26(32-29(34)36)24-12-7-8-16-30-24)25-13-9-17-33(25)21-10-5-4-6-11-21/h4-19,26-27H,1-3H3,(H,31,35)(H,32,36). The van der Waals surface area contributed by atoms with Crippen molar-refractivity contribution in [1.29, 1.82) is 0 Å². The first-order valence-electron chi connectivity index (χ1n) is 12.1. The third-order valence-corrected chi connectivity index (χ3v) is 6.80. The van der Waals surface area contributed by atoms with Gasteiger partial charge in [0.1, 0.15) is 6.04 Å². The molecular formula is C29H29N5OS. The Morgan fingerprint density at radius 3 is 2.47 bits per heavy atom. The topological polar surface area (TPSA) is 62.2 Å². The molecule has 2 aromatic heterocycles. The van der Waals surface area contributed by atoms with Gasteiger partial charge in [0.15, 0.2) is 5.11 Å². The van der Waals surface area contributed by atoms with Gasteiger partial charge >= 0.3 is 0 Å². The van der Waals surface area contributed by atoms with Gasteiger partial charge in [-0.1, -0.05) is 38.1 Å². The van der Waals surface area contributed by atoms with Gasteiger partial charge in [-0.2, -0.15) is 0 Å². The number of hydrogen-bond donors (Lipinski definition) is 2. The predicted molar refractivity (Wildman–Crippen MR) is 148 cm³/mol. The molecule has 1 saturated heterocycles. The van der Waals surface area contributed by atoms with Gasteiger partial charge < -0.3 is 20.1 Å². The number of nitrogens with one attached hydrogen (secondary N) is 2. The second-order valence-corrected chi connectivity index (χ2v) is 9.67. The molecule has 2 N–H and O–H groups in total. The first kappa shape index (κ1) is 23.8. The molecule has 0 aliphatic carbocycles. The monoisotopic (exact) mass is 495 g/mol. The van der Waals surface area contributed by atoms with Crippen molar-refractivity contribution < 1.29 is 4.79 Å². The summed E-state index contributed by atoms with van der Waals surface area (Å²) in [7, 11) is 0. The van der Waals surface area contributed by atoms with Crippen LogP contribution in [-0.2, 0) is 4.79 Å². The van der Waals surface area contributed by atoms with Crippen molar-refractivity contribution in [3.63, 3.8) is 0 Å². The van der Waals surface area contributed by atoms with Gasteiger partial charge in [-0.25, -0.2) is 0 Å². The molecule has 1 amide bonds. The number of carbonyl (C=O) groups is 1. The second kappa shape index (κ2) is 9.95. The van der Waals surface area contributed by atoms with Gasteiger partial charge in [0.2, 0.25) is 5.91 Å². The summed E-state index contributed by atoms with van der Waals surface area (Å²) in [4.78, 5) is 19.1. The molecule has 182 valence electrons. The highest BCUT2D eigenvalue weighted by atomic mass is 32.1. The Morgan fingerprint density at radius 1 is 1.00 bits per heavy atom. The number of anilines is 2. The maximum absolute atomic E-state index is 12.3. The SMILES string of the molecule is Cc1cc(N2C(=S)NC(c3ccccn3)C2c2cccn2-c2ccccc2)ccc1NC(=O)C(C)C. The van der Waals surface area contributed by atoms with Crippen LogP contribution in [0.4, 0.5) is 11.4 Å². The predicted octanol–water partition coefficient (Wildman–Crippen LogP) is 5.95. The molecule has 0 bridgehead atoms. The highest BCUT2D eigenvalue weighted by Crippen LogP contribution is 2.42. The molecule has 0 saturated carbocycles. The summed E-state index contributed by atoms with van der Waals surface area (Å²) in [6.45, 7) is 5.78. The Labute approximate surface area is 217 Å². The number of rotatable bonds is 6. The summed E-state index contributed by atoms with van der Waals surface area (Å²) in [6.07, 6.45) is 3.89. The fourth-order valence-electron chi connectivity index (χ4n) is 4.61. The molecule has 5 rings (SSSR count). The number of hydrogen-bond acceptors (Lipinski definition) is 3. The number of benzene rings is 2. The number of aromatic nitrogens is 2. The number of aryl methyl sites for hydroxylation is 1. The molecule has 4 aromatic rings. The molecular weight excluding hydrogens is 466 g/mol. The Morgan fingerprint density at radius 2 is 1.78 bits per heavy atom. The van der Waals surface area contributed by atoms with Crippen LogP contribution in [-0.4, -0.2) is 20.6 Å². The maximum atomic E-state index is 12.3. The molecule has 36 heavy (non-hydrogen) atoms. The van der Waals surface area contributed by atoms with E-state index in [1.807, 2.05) is 75.5 Å². The lowest BCUT2D eigenvalue weighted by molar-refractivity contribution is -0.118. The van der Waals surface area contributed by atoms with Crippen molar-refractivity contribution >= 4 is 34.6 Å². The number of amides is 1. The minimum atomic E-state index is -0.142. The van der Waals surface area contributed by atoms with Gasteiger partial charge in [-0.05, 0) is 79.3 Å². The van der Waals surface area contributed by atoms with Crippen LogP contribution < -0.4 is 15.5 Å². The van der Waals surface area contributed by atoms with Gasteiger partial charge in [-0.3, -0.25) is 9.78 Å². The number of carbonyl (C=O) groups excluding carboxylic acids is 1. The van der Waals surface area contributed by atoms with Crippen molar-refractivity contribution in [1.82, 2.24) is 14.9 Å². The van der Waals surface area contributed by atoms with E-state index < -0.39 is 0 Å². The normalized spacial score (nSPS) is 17.3. The van der Waals surface area contributed by atoms with Gasteiger partial charge in [-0.15, -0.1) is 0 Å². The highest BCUT2D eigenvalue weighted by Gasteiger charge is 2.42. The zero-order valence-electron chi connectivity index (χ0n) is 20.6. The third kappa shape index (κ3) is 4.50. The number of nitrogens with zero attached hydrogens (tertiary/aromatic N) is 3. The summed E-state index contributed by atoms with van der Waals surface area (Å²) in [5.74, 6) is -0.0910. The average Bonchev–Trinajstić information content (AvgIpc) is 3.50. The molecule has 6 nitrogen and oxygen atoms in total. The molecule has 1 aliphatic rings.